The number of hydrogen-bond donors (Lipinski definition) is 0. The van der Waals surface area contributed by atoms with Crippen molar-refractivity contribution in [1.29, 1.82) is 0 Å². The van der Waals surface area contributed by atoms with Crippen LogP contribution in [0.25, 0.3) is 10.9 Å². The number of para-hydroxylation sites is 1. The normalized spacial score (nSPS) is 16.5. The van der Waals surface area contributed by atoms with Crippen molar-refractivity contribution in [3.05, 3.63) is 30.1 Å². The maximum atomic E-state index is 12.9. The SMILES string of the molecule is O=C1CCN(c2nc(C(F)(F)F)nc3ccccc23)CC1. The van der Waals surface area contributed by atoms with E-state index in [1.165, 1.54) is 6.07 Å². The molecular formula is C14H12F3N3O. The molecular weight excluding hydrogens is 283 g/mol. The van der Waals surface area contributed by atoms with Crippen LogP contribution >= 0.6 is 0 Å². The third-order valence-corrected chi connectivity index (χ3v) is 3.46. The molecule has 1 aromatic carbocycles. The molecule has 0 atom stereocenters. The van der Waals surface area contributed by atoms with E-state index in [1.54, 1.807) is 23.1 Å². The van der Waals surface area contributed by atoms with E-state index in [1.807, 2.05) is 0 Å². The molecule has 1 aliphatic heterocycles. The lowest BCUT2D eigenvalue weighted by Gasteiger charge is -2.28. The van der Waals surface area contributed by atoms with Crippen molar-refractivity contribution in [3.63, 3.8) is 0 Å². The van der Waals surface area contributed by atoms with E-state index in [9.17, 15) is 18.0 Å². The summed E-state index contributed by atoms with van der Waals surface area (Å²) in [6.07, 6.45) is -3.93. The van der Waals surface area contributed by atoms with Gasteiger partial charge in [-0.1, -0.05) is 12.1 Å². The molecule has 110 valence electrons. The highest BCUT2D eigenvalue weighted by Crippen LogP contribution is 2.32. The minimum atomic E-state index is -4.59. The standard InChI is InChI=1S/C14H12F3N3O/c15-14(16,17)13-18-11-4-2-1-3-10(11)12(19-13)20-7-5-9(21)6-8-20/h1-4H,5-8H2. The number of anilines is 1. The molecule has 1 fully saturated rings. The number of piperidine rings is 1. The van der Waals surface area contributed by atoms with E-state index in [4.69, 9.17) is 0 Å². The average molecular weight is 295 g/mol. The summed E-state index contributed by atoms with van der Waals surface area (Å²) in [6, 6.07) is 6.60. The minimum absolute atomic E-state index is 0.126. The summed E-state index contributed by atoms with van der Waals surface area (Å²) < 4.78 is 38.8. The first-order valence-electron chi connectivity index (χ1n) is 6.56. The molecule has 0 N–H and O–H groups in total. The lowest BCUT2D eigenvalue weighted by molar-refractivity contribution is -0.144. The van der Waals surface area contributed by atoms with Crippen LogP contribution in [-0.2, 0) is 11.0 Å². The fraction of sp³-hybridized carbons (Fsp3) is 0.357. The molecule has 3 rings (SSSR count). The zero-order valence-corrected chi connectivity index (χ0v) is 11.0. The van der Waals surface area contributed by atoms with E-state index < -0.39 is 12.0 Å². The number of Topliss-reactive ketones (excluding diaryl/α,β-unsaturated/α-hetero) is 1. The highest BCUT2D eigenvalue weighted by atomic mass is 19.4. The average Bonchev–Trinajstić information content (AvgIpc) is 2.46. The molecule has 0 amide bonds. The van der Waals surface area contributed by atoms with Gasteiger partial charge in [-0.25, -0.2) is 9.97 Å². The molecule has 1 aromatic heterocycles. The molecule has 0 aliphatic carbocycles. The number of fused-ring (bicyclic) bond motifs is 1. The number of hydrogen-bond acceptors (Lipinski definition) is 4. The number of rotatable bonds is 1. The van der Waals surface area contributed by atoms with E-state index in [0.717, 1.165) is 0 Å². The fourth-order valence-corrected chi connectivity index (χ4v) is 2.40. The highest BCUT2D eigenvalue weighted by molar-refractivity contribution is 5.90. The number of carbonyl (C=O) groups is 1. The zero-order valence-electron chi connectivity index (χ0n) is 11.0. The second kappa shape index (κ2) is 4.98. The summed E-state index contributed by atoms with van der Waals surface area (Å²) in [4.78, 5) is 20.3. The Labute approximate surface area is 118 Å². The van der Waals surface area contributed by atoms with Crippen LogP contribution in [0.4, 0.5) is 19.0 Å². The predicted molar refractivity (Wildman–Crippen MR) is 71.0 cm³/mol. The van der Waals surface area contributed by atoms with Crippen LogP contribution in [0.15, 0.2) is 24.3 Å². The summed E-state index contributed by atoms with van der Waals surface area (Å²) in [5.74, 6) is -0.769. The fourth-order valence-electron chi connectivity index (χ4n) is 2.40. The van der Waals surface area contributed by atoms with Gasteiger partial charge in [0.15, 0.2) is 0 Å². The Balaban J connectivity index is 2.13. The van der Waals surface area contributed by atoms with Crippen molar-refractivity contribution >= 4 is 22.5 Å². The van der Waals surface area contributed by atoms with Crippen molar-refractivity contribution in [1.82, 2.24) is 9.97 Å². The second-order valence-corrected chi connectivity index (χ2v) is 4.91. The Hall–Kier alpha value is -2.18. The van der Waals surface area contributed by atoms with Crippen molar-refractivity contribution < 1.29 is 18.0 Å². The van der Waals surface area contributed by atoms with Crippen molar-refractivity contribution in [2.45, 2.75) is 19.0 Å². The van der Waals surface area contributed by atoms with E-state index in [0.29, 0.717) is 31.3 Å². The second-order valence-electron chi connectivity index (χ2n) is 4.91. The van der Waals surface area contributed by atoms with Crippen molar-refractivity contribution in [3.8, 4) is 0 Å². The Morgan fingerprint density at radius 1 is 1.05 bits per heavy atom. The third kappa shape index (κ3) is 2.68. The molecule has 0 unspecified atom stereocenters. The van der Waals surface area contributed by atoms with Crippen LogP contribution in [0, 0.1) is 0 Å². The highest BCUT2D eigenvalue weighted by Gasteiger charge is 2.36. The van der Waals surface area contributed by atoms with Crippen LogP contribution in [0.3, 0.4) is 0 Å². The van der Waals surface area contributed by atoms with Gasteiger partial charge in [0.2, 0.25) is 5.82 Å². The molecule has 7 heteroatoms. The number of ketones is 1. The number of carbonyl (C=O) groups excluding carboxylic acids is 1. The minimum Gasteiger partial charge on any atom is -0.355 e. The molecule has 1 aliphatic rings. The summed E-state index contributed by atoms with van der Waals surface area (Å²) >= 11 is 0. The summed E-state index contributed by atoms with van der Waals surface area (Å²) in [7, 11) is 0. The molecule has 2 heterocycles. The van der Waals surface area contributed by atoms with Crippen molar-refractivity contribution in [2.24, 2.45) is 0 Å². The molecule has 0 radical (unpaired) electrons. The van der Waals surface area contributed by atoms with Crippen LogP contribution < -0.4 is 4.90 Å². The molecule has 4 nitrogen and oxygen atoms in total. The van der Waals surface area contributed by atoms with E-state index in [2.05, 4.69) is 9.97 Å². The topological polar surface area (TPSA) is 46.1 Å². The Kier molecular flexibility index (Phi) is 3.27. The largest absolute Gasteiger partial charge is 0.451 e. The first kappa shape index (κ1) is 13.8. The number of halogens is 3. The van der Waals surface area contributed by atoms with Gasteiger partial charge in [-0.15, -0.1) is 0 Å². The van der Waals surface area contributed by atoms with Gasteiger partial charge in [0.05, 0.1) is 5.52 Å². The van der Waals surface area contributed by atoms with Crippen molar-refractivity contribution in [2.75, 3.05) is 18.0 Å². The quantitative estimate of drug-likeness (QED) is 0.811. The molecule has 0 spiro atoms. The molecule has 21 heavy (non-hydrogen) atoms. The number of nitrogens with zero attached hydrogens (tertiary/aromatic N) is 3. The summed E-state index contributed by atoms with van der Waals surface area (Å²) in [6.45, 7) is 0.772. The van der Waals surface area contributed by atoms with Gasteiger partial charge >= 0.3 is 6.18 Å². The molecule has 2 aromatic rings. The monoisotopic (exact) mass is 295 g/mol. The van der Waals surface area contributed by atoms with E-state index in [-0.39, 0.29) is 17.1 Å². The first-order valence-corrected chi connectivity index (χ1v) is 6.56. The van der Waals surface area contributed by atoms with Crippen LogP contribution in [0.2, 0.25) is 0 Å². The third-order valence-electron chi connectivity index (χ3n) is 3.46. The van der Waals surface area contributed by atoms with Gasteiger partial charge < -0.3 is 4.90 Å². The number of alkyl halides is 3. The maximum Gasteiger partial charge on any atom is 0.451 e. The maximum absolute atomic E-state index is 12.9. The van der Waals surface area contributed by atoms with E-state index >= 15 is 0 Å². The smallest absolute Gasteiger partial charge is 0.355 e. The van der Waals surface area contributed by atoms with Crippen LogP contribution in [-0.4, -0.2) is 28.8 Å². The number of benzene rings is 1. The molecule has 0 saturated carbocycles. The van der Waals surface area contributed by atoms with Crippen LogP contribution in [0.5, 0.6) is 0 Å². The van der Waals surface area contributed by atoms with Gasteiger partial charge in [0, 0.05) is 31.3 Å². The Bertz CT molecular complexity index is 689. The van der Waals surface area contributed by atoms with Gasteiger partial charge in [-0.05, 0) is 12.1 Å². The molecule has 0 bridgehead atoms. The molecule has 1 saturated heterocycles. The summed E-state index contributed by atoms with van der Waals surface area (Å²) in [5, 5.41) is 0.569. The van der Waals surface area contributed by atoms with Gasteiger partial charge in [-0.3, -0.25) is 4.79 Å². The Morgan fingerprint density at radius 3 is 2.38 bits per heavy atom. The predicted octanol–water partition coefficient (Wildman–Crippen LogP) is 2.82. The van der Waals surface area contributed by atoms with Gasteiger partial charge in [0.1, 0.15) is 11.6 Å². The Morgan fingerprint density at radius 2 is 1.71 bits per heavy atom. The lowest BCUT2D eigenvalue weighted by atomic mass is 10.1. The zero-order chi connectivity index (χ0) is 15.0. The first-order chi connectivity index (χ1) is 9.95. The van der Waals surface area contributed by atoms with Crippen LogP contribution in [0.1, 0.15) is 18.7 Å². The lowest BCUT2D eigenvalue weighted by Crippen LogP contribution is -2.35. The summed E-state index contributed by atoms with van der Waals surface area (Å²) in [5.41, 5.74) is 0.256. The number of aromatic nitrogens is 2. The van der Waals surface area contributed by atoms with Gasteiger partial charge in [0.25, 0.3) is 0 Å². The van der Waals surface area contributed by atoms with Gasteiger partial charge in [-0.2, -0.15) is 13.2 Å².